The lowest BCUT2D eigenvalue weighted by atomic mass is 10.1. The molecule has 126 valence electrons. The Hall–Kier alpha value is -2.48. The minimum atomic E-state index is -1.09. The number of thioether (sulfide) groups is 1. The van der Waals surface area contributed by atoms with Crippen molar-refractivity contribution in [2.75, 3.05) is 17.7 Å². The summed E-state index contributed by atoms with van der Waals surface area (Å²) < 4.78 is 26.5. The van der Waals surface area contributed by atoms with E-state index in [0.717, 1.165) is 17.0 Å². The molecule has 0 fully saturated rings. The Kier molecular flexibility index (Phi) is 5.50. The second kappa shape index (κ2) is 7.39. The zero-order valence-electron chi connectivity index (χ0n) is 13.0. The molecule has 0 N–H and O–H groups in total. The number of nitrogens with zero attached hydrogens (tertiary/aromatic N) is 2. The van der Waals surface area contributed by atoms with Crippen LogP contribution in [0.15, 0.2) is 41.3 Å². The van der Waals surface area contributed by atoms with Crippen LogP contribution in [0.1, 0.15) is 17.3 Å². The third-order valence-corrected chi connectivity index (χ3v) is 4.13. The van der Waals surface area contributed by atoms with E-state index >= 15 is 0 Å². The summed E-state index contributed by atoms with van der Waals surface area (Å²) in [7, 11) is 0. The Morgan fingerprint density at radius 1 is 1.21 bits per heavy atom. The number of nitro groups is 1. The molecular weight excluding hydrogens is 338 g/mol. The number of hydrogen-bond donors (Lipinski definition) is 0. The van der Waals surface area contributed by atoms with E-state index in [1.165, 1.54) is 30.0 Å². The molecule has 0 aliphatic carbocycles. The predicted molar refractivity (Wildman–Crippen MR) is 88.6 cm³/mol. The molecule has 0 bridgehead atoms. The van der Waals surface area contributed by atoms with E-state index in [1.54, 1.807) is 19.2 Å². The number of rotatable bonds is 5. The second-order valence-corrected chi connectivity index (χ2v) is 5.67. The summed E-state index contributed by atoms with van der Waals surface area (Å²) in [5.41, 5.74) is -0.303. The van der Waals surface area contributed by atoms with Gasteiger partial charge >= 0.3 is 0 Å². The summed E-state index contributed by atoms with van der Waals surface area (Å²) in [6.45, 7) is 1.79. The van der Waals surface area contributed by atoms with Crippen LogP contribution in [0.2, 0.25) is 0 Å². The summed E-state index contributed by atoms with van der Waals surface area (Å²) in [5, 5.41) is 11.2. The standard InChI is InChI=1S/C16H14F2N2O3S/c1-3-19(10-4-6-13(17)14(18)8-10)16(21)12-9-11(24-2)5-7-15(12)20(22)23/h4-9H,3H2,1-2H3. The van der Waals surface area contributed by atoms with Crippen LogP contribution >= 0.6 is 11.8 Å². The van der Waals surface area contributed by atoms with Gasteiger partial charge in [0.15, 0.2) is 11.6 Å². The minimum Gasteiger partial charge on any atom is -0.308 e. The van der Waals surface area contributed by atoms with E-state index in [-0.39, 0.29) is 23.5 Å². The first-order chi connectivity index (χ1) is 11.4. The highest BCUT2D eigenvalue weighted by atomic mass is 32.2. The molecular formula is C16H14F2N2O3S. The van der Waals surface area contributed by atoms with Crippen molar-refractivity contribution >= 4 is 29.0 Å². The molecule has 0 aliphatic heterocycles. The van der Waals surface area contributed by atoms with E-state index in [9.17, 15) is 23.7 Å². The number of hydrogen-bond acceptors (Lipinski definition) is 4. The van der Waals surface area contributed by atoms with Gasteiger partial charge in [0, 0.05) is 29.3 Å². The quantitative estimate of drug-likeness (QED) is 0.458. The van der Waals surface area contributed by atoms with Crippen LogP contribution in [-0.4, -0.2) is 23.6 Å². The lowest BCUT2D eigenvalue weighted by Crippen LogP contribution is -2.31. The summed E-state index contributed by atoms with van der Waals surface area (Å²) >= 11 is 1.34. The zero-order valence-corrected chi connectivity index (χ0v) is 13.8. The van der Waals surface area contributed by atoms with Crippen molar-refractivity contribution in [1.82, 2.24) is 0 Å². The molecule has 0 spiro atoms. The Labute approximate surface area is 141 Å². The number of anilines is 1. The van der Waals surface area contributed by atoms with Gasteiger partial charge in [0.1, 0.15) is 5.56 Å². The number of carbonyl (C=O) groups excluding carboxylic acids is 1. The van der Waals surface area contributed by atoms with Gasteiger partial charge in [0.05, 0.1) is 4.92 Å². The zero-order chi connectivity index (χ0) is 17.9. The van der Waals surface area contributed by atoms with Crippen molar-refractivity contribution in [3.05, 3.63) is 63.7 Å². The van der Waals surface area contributed by atoms with Gasteiger partial charge in [-0.15, -0.1) is 11.8 Å². The third kappa shape index (κ3) is 3.53. The fourth-order valence-corrected chi connectivity index (χ4v) is 2.65. The molecule has 1 amide bonds. The molecule has 2 rings (SSSR count). The van der Waals surface area contributed by atoms with Gasteiger partial charge < -0.3 is 4.90 Å². The summed E-state index contributed by atoms with van der Waals surface area (Å²) in [6, 6.07) is 7.29. The van der Waals surface area contributed by atoms with Crippen molar-refractivity contribution in [2.45, 2.75) is 11.8 Å². The SMILES string of the molecule is CCN(C(=O)c1cc(SC)ccc1[N+](=O)[O-])c1ccc(F)c(F)c1. The second-order valence-electron chi connectivity index (χ2n) is 4.79. The maximum atomic E-state index is 13.4. The largest absolute Gasteiger partial charge is 0.308 e. The topological polar surface area (TPSA) is 63.5 Å². The monoisotopic (exact) mass is 352 g/mol. The van der Waals surface area contributed by atoms with Gasteiger partial charge in [0.25, 0.3) is 11.6 Å². The molecule has 0 unspecified atom stereocenters. The van der Waals surface area contributed by atoms with Crippen LogP contribution < -0.4 is 4.90 Å². The van der Waals surface area contributed by atoms with Crippen molar-refractivity contribution in [3.63, 3.8) is 0 Å². The van der Waals surface area contributed by atoms with Gasteiger partial charge in [-0.3, -0.25) is 14.9 Å². The van der Waals surface area contributed by atoms with E-state index in [2.05, 4.69) is 0 Å². The van der Waals surface area contributed by atoms with E-state index in [0.29, 0.717) is 4.90 Å². The predicted octanol–water partition coefficient (Wildman–Crippen LogP) is 4.26. The fraction of sp³-hybridized carbons (Fsp3) is 0.188. The van der Waals surface area contributed by atoms with Crippen LogP contribution in [0.5, 0.6) is 0 Å². The smallest absolute Gasteiger partial charge is 0.282 e. The van der Waals surface area contributed by atoms with E-state index in [1.807, 2.05) is 0 Å². The van der Waals surface area contributed by atoms with Gasteiger partial charge in [-0.05, 0) is 37.4 Å². The number of carbonyl (C=O) groups is 1. The molecule has 0 atom stereocenters. The lowest BCUT2D eigenvalue weighted by Gasteiger charge is -2.21. The lowest BCUT2D eigenvalue weighted by molar-refractivity contribution is -0.385. The number of nitro benzene ring substituents is 1. The molecule has 0 heterocycles. The highest BCUT2D eigenvalue weighted by Crippen LogP contribution is 2.28. The maximum Gasteiger partial charge on any atom is 0.282 e. The molecule has 0 radical (unpaired) electrons. The summed E-state index contributed by atoms with van der Waals surface area (Å²) in [6.07, 6.45) is 1.78. The van der Waals surface area contributed by atoms with Crippen LogP contribution in [0.3, 0.4) is 0 Å². The van der Waals surface area contributed by atoms with Crippen molar-refractivity contribution in [3.8, 4) is 0 Å². The molecule has 8 heteroatoms. The normalized spacial score (nSPS) is 10.5. The maximum absolute atomic E-state index is 13.4. The average Bonchev–Trinajstić information content (AvgIpc) is 2.57. The van der Waals surface area contributed by atoms with E-state index in [4.69, 9.17) is 0 Å². The first-order valence-electron chi connectivity index (χ1n) is 6.98. The average molecular weight is 352 g/mol. The molecule has 24 heavy (non-hydrogen) atoms. The van der Waals surface area contributed by atoms with Gasteiger partial charge in [-0.25, -0.2) is 8.78 Å². The van der Waals surface area contributed by atoms with Crippen LogP contribution in [0.25, 0.3) is 0 Å². The molecule has 2 aromatic rings. The Morgan fingerprint density at radius 2 is 1.92 bits per heavy atom. The van der Waals surface area contributed by atoms with Crippen LogP contribution in [-0.2, 0) is 0 Å². The van der Waals surface area contributed by atoms with Crippen LogP contribution in [0.4, 0.5) is 20.2 Å². The van der Waals surface area contributed by atoms with Gasteiger partial charge in [0.2, 0.25) is 0 Å². The summed E-state index contributed by atoms with van der Waals surface area (Å²) in [4.78, 5) is 25.2. The Morgan fingerprint density at radius 3 is 2.46 bits per heavy atom. The molecule has 0 aliphatic rings. The number of benzene rings is 2. The van der Waals surface area contributed by atoms with Crippen molar-refractivity contribution in [1.29, 1.82) is 0 Å². The van der Waals surface area contributed by atoms with Crippen LogP contribution in [0, 0.1) is 21.7 Å². The van der Waals surface area contributed by atoms with Gasteiger partial charge in [-0.2, -0.15) is 0 Å². The molecule has 0 saturated carbocycles. The van der Waals surface area contributed by atoms with E-state index < -0.39 is 22.5 Å². The Bertz CT molecular complexity index is 799. The minimum absolute atomic E-state index is 0.0987. The Balaban J connectivity index is 2.51. The number of amides is 1. The first-order valence-corrected chi connectivity index (χ1v) is 8.20. The molecule has 0 aromatic heterocycles. The highest BCUT2D eigenvalue weighted by molar-refractivity contribution is 7.98. The van der Waals surface area contributed by atoms with Crippen molar-refractivity contribution < 1.29 is 18.5 Å². The van der Waals surface area contributed by atoms with Gasteiger partial charge in [-0.1, -0.05) is 0 Å². The highest BCUT2D eigenvalue weighted by Gasteiger charge is 2.26. The first kappa shape index (κ1) is 17.9. The number of halogens is 2. The third-order valence-electron chi connectivity index (χ3n) is 3.41. The fourth-order valence-electron chi connectivity index (χ4n) is 2.21. The molecule has 5 nitrogen and oxygen atoms in total. The van der Waals surface area contributed by atoms with Crippen molar-refractivity contribution in [2.24, 2.45) is 0 Å². The molecule has 2 aromatic carbocycles. The molecule has 0 saturated heterocycles. The summed E-state index contributed by atoms with van der Waals surface area (Å²) in [5.74, 6) is -2.77.